The van der Waals surface area contributed by atoms with Gasteiger partial charge >= 0.3 is 0 Å². The van der Waals surface area contributed by atoms with Gasteiger partial charge in [-0.25, -0.2) is 0 Å². The zero-order valence-corrected chi connectivity index (χ0v) is 15.6. The lowest BCUT2D eigenvalue weighted by molar-refractivity contribution is -0.124. The van der Waals surface area contributed by atoms with Gasteiger partial charge in [-0.15, -0.1) is 0 Å². The number of rotatable bonds is 5. The maximum atomic E-state index is 12.8. The van der Waals surface area contributed by atoms with Crippen molar-refractivity contribution in [2.24, 2.45) is 5.92 Å². The summed E-state index contributed by atoms with van der Waals surface area (Å²) < 4.78 is 0. The van der Waals surface area contributed by atoms with Gasteiger partial charge in [0.25, 0.3) is 5.91 Å². The summed E-state index contributed by atoms with van der Waals surface area (Å²) in [5.74, 6) is 0.377. The molecule has 2 fully saturated rings. The van der Waals surface area contributed by atoms with E-state index in [1.165, 1.54) is 6.42 Å². The van der Waals surface area contributed by atoms with E-state index in [4.69, 9.17) is 23.2 Å². The second kappa shape index (κ2) is 8.39. The largest absolute Gasteiger partial charge is 0.354 e. The molecule has 2 aliphatic heterocycles. The summed E-state index contributed by atoms with van der Waals surface area (Å²) in [5.41, 5.74) is 0.425. The second-order valence-corrected chi connectivity index (χ2v) is 7.63. The Balaban J connectivity index is 1.59. The molecule has 2 amide bonds. The molecule has 7 heteroatoms. The molecule has 1 aromatic carbocycles. The summed E-state index contributed by atoms with van der Waals surface area (Å²) in [5, 5.41) is 7.16. The van der Waals surface area contributed by atoms with Gasteiger partial charge in [0.15, 0.2) is 0 Å². The van der Waals surface area contributed by atoms with Crippen LogP contribution in [-0.4, -0.2) is 48.9 Å². The molecule has 3 rings (SSSR count). The molecule has 2 atom stereocenters. The Bertz CT molecular complexity index is 627. The number of nitrogens with zero attached hydrogens (tertiary/aromatic N) is 1. The van der Waals surface area contributed by atoms with Gasteiger partial charge in [-0.3, -0.25) is 9.59 Å². The van der Waals surface area contributed by atoms with Gasteiger partial charge in [0, 0.05) is 28.7 Å². The van der Waals surface area contributed by atoms with Crippen LogP contribution in [0.5, 0.6) is 0 Å². The van der Waals surface area contributed by atoms with E-state index in [-0.39, 0.29) is 11.8 Å². The molecule has 1 aromatic rings. The first-order valence-electron chi connectivity index (χ1n) is 8.80. The predicted octanol–water partition coefficient (Wildman–Crippen LogP) is 2.71. The van der Waals surface area contributed by atoms with Gasteiger partial charge in [-0.2, -0.15) is 0 Å². The zero-order chi connectivity index (χ0) is 17.8. The Labute approximate surface area is 158 Å². The van der Waals surface area contributed by atoms with E-state index in [0.717, 1.165) is 25.9 Å². The predicted molar refractivity (Wildman–Crippen MR) is 99.1 cm³/mol. The molecule has 0 bridgehead atoms. The van der Waals surface area contributed by atoms with Crippen molar-refractivity contribution in [1.29, 1.82) is 0 Å². The van der Waals surface area contributed by atoms with Crippen LogP contribution in [0.3, 0.4) is 0 Å². The van der Waals surface area contributed by atoms with Crippen molar-refractivity contribution in [3.8, 4) is 0 Å². The summed E-state index contributed by atoms with van der Waals surface area (Å²) in [7, 11) is 0. The molecule has 136 valence electrons. The van der Waals surface area contributed by atoms with Gasteiger partial charge in [0.2, 0.25) is 5.91 Å². The first-order valence-corrected chi connectivity index (χ1v) is 9.55. The van der Waals surface area contributed by atoms with Crippen LogP contribution in [0.25, 0.3) is 0 Å². The van der Waals surface area contributed by atoms with E-state index in [1.54, 1.807) is 23.1 Å². The van der Waals surface area contributed by atoms with E-state index in [9.17, 15) is 9.59 Å². The average molecular weight is 384 g/mol. The standard InChI is InChI=1S/C18H23Cl2N3O2/c19-14-8-13(9-15(20)10-14)18(25)23-7-1-2-16(23)17(24)22-6-4-12-3-5-21-11-12/h8-10,12,16,21H,1-7,11H2,(H,22,24). The van der Waals surface area contributed by atoms with E-state index >= 15 is 0 Å². The first kappa shape index (κ1) is 18.5. The third-order valence-electron chi connectivity index (χ3n) is 4.94. The summed E-state index contributed by atoms with van der Waals surface area (Å²) >= 11 is 12.0. The quantitative estimate of drug-likeness (QED) is 0.821. The zero-order valence-electron chi connectivity index (χ0n) is 14.1. The van der Waals surface area contributed by atoms with Gasteiger partial charge in [0.1, 0.15) is 6.04 Å². The third kappa shape index (κ3) is 4.66. The normalized spacial score (nSPS) is 23.0. The first-order chi connectivity index (χ1) is 12.0. The molecule has 0 saturated carbocycles. The lowest BCUT2D eigenvalue weighted by Crippen LogP contribution is -2.46. The van der Waals surface area contributed by atoms with Crippen LogP contribution in [0.2, 0.25) is 10.0 Å². The number of halogens is 2. The molecule has 0 aromatic heterocycles. The van der Waals surface area contributed by atoms with E-state index in [1.807, 2.05) is 0 Å². The monoisotopic (exact) mass is 383 g/mol. The Morgan fingerprint density at radius 1 is 1.20 bits per heavy atom. The number of hydrogen-bond acceptors (Lipinski definition) is 3. The van der Waals surface area contributed by atoms with Crippen molar-refractivity contribution in [1.82, 2.24) is 15.5 Å². The van der Waals surface area contributed by atoms with Crippen molar-refractivity contribution in [2.75, 3.05) is 26.2 Å². The van der Waals surface area contributed by atoms with Gasteiger partial charge in [-0.1, -0.05) is 23.2 Å². The molecular formula is C18H23Cl2N3O2. The number of carbonyl (C=O) groups is 2. The molecule has 25 heavy (non-hydrogen) atoms. The van der Waals surface area contributed by atoms with E-state index < -0.39 is 6.04 Å². The number of benzene rings is 1. The highest BCUT2D eigenvalue weighted by molar-refractivity contribution is 6.35. The molecule has 0 aliphatic carbocycles. The van der Waals surface area contributed by atoms with Gasteiger partial charge in [-0.05, 0) is 62.9 Å². The fraction of sp³-hybridized carbons (Fsp3) is 0.556. The van der Waals surface area contributed by atoms with E-state index in [2.05, 4.69) is 10.6 Å². The number of carbonyl (C=O) groups excluding carboxylic acids is 2. The van der Waals surface area contributed by atoms with Crippen LogP contribution in [0.1, 0.15) is 36.0 Å². The topological polar surface area (TPSA) is 61.4 Å². The van der Waals surface area contributed by atoms with Crippen molar-refractivity contribution < 1.29 is 9.59 Å². The SMILES string of the molecule is O=C(NCCC1CCNC1)C1CCCN1C(=O)c1cc(Cl)cc(Cl)c1. The molecule has 2 aliphatic rings. The minimum absolute atomic E-state index is 0.0649. The van der Waals surface area contributed by atoms with E-state index in [0.29, 0.717) is 41.0 Å². The average Bonchev–Trinajstić information content (AvgIpc) is 3.24. The number of likely N-dealkylation sites (tertiary alicyclic amines) is 1. The van der Waals surface area contributed by atoms with Crippen LogP contribution >= 0.6 is 23.2 Å². The third-order valence-corrected chi connectivity index (χ3v) is 5.38. The summed E-state index contributed by atoms with van der Waals surface area (Å²) in [6, 6.07) is 4.37. The van der Waals surface area contributed by atoms with Crippen LogP contribution in [-0.2, 0) is 4.79 Å². The van der Waals surface area contributed by atoms with Crippen molar-refractivity contribution in [3.05, 3.63) is 33.8 Å². The lowest BCUT2D eigenvalue weighted by Gasteiger charge is -2.24. The summed E-state index contributed by atoms with van der Waals surface area (Å²) in [6.45, 7) is 3.32. The molecule has 0 spiro atoms. The Hall–Kier alpha value is -1.30. The van der Waals surface area contributed by atoms with Crippen LogP contribution in [0.15, 0.2) is 18.2 Å². The highest BCUT2D eigenvalue weighted by atomic mass is 35.5. The van der Waals surface area contributed by atoms with Crippen LogP contribution < -0.4 is 10.6 Å². The Morgan fingerprint density at radius 3 is 2.64 bits per heavy atom. The molecule has 5 nitrogen and oxygen atoms in total. The minimum atomic E-state index is -0.410. The Morgan fingerprint density at radius 2 is 1.96 bits per heavy atom. The summed E-state index contributed by atoms with van der Waals surface area (Å²) in [4.78, 5) is 26.9. The molecule has 2 unspecified atom stereocenters. The maximum absolute atomic E-state index is 12.8. The number of nitrogens with one attached hydrogen (secondary N) is 2. The number of hydrogen-bond donors (Lipinski definition) is 2. The summed E-state index contributed by atoms with van der Waals surface area (Å²) in [6.07, 6.45) is 3.66. The number of amides is 2. The fourth-order valence-electron chi connectivity index (χ4n) is 3.60. The molecular weight excluding hydrogens is 361 g/mol. The van der Waals surface area contributed by atoms with Crippen LogP contribution in [0.4, 0.5) is 0 Å². The second-order valence-electron chi connectivity index (χ2n) is 6.75. The van der Waals surface area contributed by atoms with Gasteiger partial charge in [0.05, 0.1) is 0 Å². The van der Waals surface area contributed by atoms with Crippen molar-refractivity contribution >= 4 is 35.0 Å². The van der Waals surface area contributed by atoms with Crippen molar-refractivity contribution in [2.45, 2.75) is 31.7 Å². The lowest BCUT2D eigenvalue weighted by atomic mass is 10.1. The highest BCUT2D eigenvalue weighted by Gasteiger charge is 2.34. The molecule has 2 heterocycles. The Kier molecular flexibility index (Phi) is 6.20. The van der Waals surface area contributed by atoms with Gasteiger partial charge < -0.3 is 15.5 Å². The highest BCUT2D eigenvalue weighted by Crippen LogP contribution is 2.24. The molecule has 2 N–H and O–H groups in total. The van der Waals surface area contributed by atoms with Crippen molar-refractivity contribution in [3.63, 3.8) is 0 Å². The van der Waals surface area contributed by atoms with Crippen LogP contribution in [0, 0.1) is 5.92 Å². The fourth-order valence-corrected chi connectivity index (χ4v) is 4.13. The maximum Gasteiger partial charge on any atom is 0.254 e. The minimum Gasteiger partial charge on any atom is -0.354 e. The molecule has 2 saturated heterocycles. The smallest absolute Gasteiger partial charge is 0.254 e. The molecule has 0 radical (unpaired) electrons.